The van der Waals surface area contributed by atoms with Gasteiger partial charge in [0.1, 0.15) is 6.10 Å². The smallest absolute Gasteiger partial charge is 0.314 e. The highest BCUT2D eigenvalue weighted by Crippen LogP contribution is 2.40. The minimum absolute atomic E-state index is 0.00954. The van der Waals surface area contributed by atoms with Gasteiger partial charge in [-0.25, -0.2) is 0 Å². The summed E-state index contributed by atoms with van der Waals surface area (Å²) in [6.45, 7) is 4.26. The monoisotopic (exact) mass is 362 g/mol. The molecular formula is C21H30O5. The van der Waals surface area contributed by atoms with Crippen LogP contribution in [0.5, 0.6) is 0 Å². The van der Waals surface area contributed by atoms with Gasteiger partial charge in [-0.2, -0.15) is 0 Å². The number of epoxide rings is 1. The quantitative estimate of drug-likeness (QED) is 0.366. The van der Waals surface area contributed by atoms with Crippen molar-refractivity contribution in [1.29, 1.82) is 0 Å². The van der Waals surface area contributed by atoms with Gasteiger partial charge >= 0.3 is 5.97 Å². The number of aliphatic hydroxyl groups is 1. The lowest BCUT2D eigenvalue weighted by Gasteiger charge is -2.17. The van der Waals surface area contributed by atoms with E-state index in [0.717, 1.165) is 38.5 Å². The van der Waals surface area contributed by atoms with Gasteiger partial charge in [-0.1, -0.05) is 25.0 Å². The Kier molecular flexibility index (Phi) is 6.54. The van der Waals surface area contributed by atoms with E-state index in [4.69, 9.17) is 13.9 Å². The number of carbonyl (C=O) groups is 1. The van der Waals surface area contributed by atoms with E-state index in [0.29, 0.717) is 12.3 Å². The molecule has 0 spiro atoms. The first-order valence-electron chi connectivity index (χ1n) is 9.73. The van der Waals surface area contributed by atoms with Crippen LogP contribution in [-0.2, 0) is 20.7 Å². The van der Waals surface area contributed by atoms with Crippen LogP contribution in [0.3, 0.4) is 0 Å². The molecule has 5 nitrogen and oxygen atoms in total. The molecule has 3 heterocycles. The minimum Gasteiger partial charge on any atom is -0.472 e. The zero-order valence-electron chi connectivity index (χ0n) is 15.7. The summed E-state index contributed by atoms with van der Waals surface area (Å²) >= 11 is 0. The largest absolute Gasteiger partial charge is 0.472 e. The molecule has 0 aliphatic carbocycles. The molecule has 1 aromatic heterocycles. The fraction of sp³-hybridized carbons (Fsp3) is 0.667. The summed E-state index contributed by atoms with van der Waals surface area (Å²) in [5.41, 5.74) is 2.42. The van der Waals surface area contributed by atoms with Crippen LogP contribution in [0.2, 0.25) is 0 Å². The number of furan rings is 1. The number of hydrogen-bond acceptors (Lipinski definition) is 5. The molecule has 0 saturated carbocycles. The summed E-state index contributed by atoms with van der Waals surface area (Å²) in [4.78, 5) is 11.6. The molecule has 5 heteroatoms. The third kappa shape index (κ3) is 5.45. The third-order valence-electron chi connectivity index (χ3n) is 5.36. The molecule has 2 fully saturated rings. The SMILES string of the molecule is C/C(=C\CCC1C(=O)OC2OC21)C[C@H](O)C[C@H](C)CCCc1ccoc1. The van der Waals surface area contributed by atoms with Crippen LogP contribution in [0.15, 0.2) is 34.7 Å². The Morgan fingerprint density at radius 3 is 2.96 bits per heavy atom. The summed E-state index contributed by atoms with van der Waals surface area (Å²) in [7, 11) is 0. The van der Waals surface area contributed by atoms with Gasteiger partial charge < -0.3 is 19.0 Å². The van der Waals surface area contributed by atoms with Crippen molar-refractivity contribution in [2.45, 2.75) is 77.3 Å². The van der Waals surface area contributed by atoms with Gasteiger partial charge in [0.2, 0.25) is 6.29 Å². The summed E-state index contributed by atoms with van der Waals surface area (Å²) in [6, 6.07) is 2.01. The second-order valence-electron chi connectivity index (χ2n) is 7.86. The lowest BCUT2D eigenvalue weighted by Crippen LogP contribution is -2.15. The van der Waals surface area contributed by atoms with Gasteiger partial charge in [0.05, 0.1) is 24.5 Å². The van der Waals surface area contributed by atoms with Gasteiger partial charge in [-0.05, 0) is 63.0 Å². The van der Waals surface area contributed by atoms with Crippen molar-refractivity contribution in [2.24, 2.45) is 11.8 Å². The highest BCUT2D eigenvalue weighted by molar-refractivity contribution is 5.76. The molecule has 26 heavy (non-hydrogen) atoms. The summed E-state index contributed by atoms with van der Waals surface area (Å²) in [6.07, 6.45) is 11.4. The number of carbonyl (C=O) groups excluding carboxylic acids is 1. The molecule has 2 saturated heterocycles. The number of esters is 1. The van der Waals surface area contributed by atoms with Crippen molar-refractivity contribution in [3.63, 3.8) is 0 Å². The topological polar surface area (TPSA) is 72.2 Å². The molecule has 2 aliphatic rings. The maximum absolute atomic E-state index is 11.6. The Labute approximate surface area is 155 Å². The van der Waals surface area contributed by atoms with Crippen LogP contribution in [0.25, 0.3) is 0 Å². The molecule has 3 unspecified atom stereocenters. The molecular weight excluding hydrogens is 332 g/mol. The zero-order valence-corrected chi connectivity index (χ0v) is 15.7. The van der Waals surface area contributed by atoms with E-state index in [1.54, 1.807) is 12.5 Å². The molecule has 0 radical (unpaired) electrons. The Morgan fingerprint density at radius 1 is 1.42 bits per heavy atom. The molecule has 144 valence electrons. The third-order valence-corrected chi connectivity index (χ3v) is 5.36. The summed E-state index contributed by atoms with van der Waals surface area (Å²) < 4.78 is 15.4. The van der Waals surface area contributed by atoms with Crippen LogP contribution in [0.4, 0.5) is 0 Å². The average Bonchev–Trinajstić information content (AvgIpc) is 3.00. The molecule has 1 aromatic rings. The van der Waals surface area contributed by atoms with Crippen molar-refractivity contribution >= 4 is 5.97 Å². The average molecular weight is 362 g/mol. The first kappa shape index (κ1) is 19.2. The van der Waals surface area contributed by atoms with Crippen molar-refractivity contribution in [2.75, 3.05) is 0 Å². The lowest BCUT2D eigenvalue weighted by atomic mass is 9.93. The molecule has 3 rings (SSSR count). The maximum atomic E-state index is 11.6. The summed E-state index contributed by atoms with van der Waals surface area (Å²) in [5.74, 6) is 0.271. The van der Waals surface area contributed by atoms with Gasteiger partial charge in [0.15, 0.2) is 0 Å². The van der Waals surface area contributed by atoms with Gasteiger partial charge in [0, 0.05) is 0 Å². The van der Waals surface area contributed by atoms with Crippen molar-refractivity contribution < 1.29 is 23.8 Å². The highest BCUT2D eigenvalue weighted by atomic mass is 16.8. The van der Waals surface area contributed by atoms with E-state index in [-0.39, 0.29) is 30.4 Å². The number of aliphatic hydroxyl groups excluding tert-OH is 1. The van der Waals surface area contributed by atoms with E-state index >= 15 is 0 Å². The Bertz CT molecular complexity index is 606. The normalized spacial score (nSPS) is 27.1. The van der Waals surface area contributed by atoms with E-state index in [9.17, 15) is 9.90 Å². The fourth-order valence-electron chi connectivity index (χ4n) is 3.83. The Morgan fingerprint density at radius 2 is 2.27 bits per heavy atom. The highest BCUT2D eigenvalue weighted by Gasteiger charge is 2.57. The number of rotatable bonds is 11. The number of aryl methyl sites for hydroxylation is 1. The zero-order chi connectivity index (χ0) is 18.5. The van der Waals surface area contributed by atoms with Crippen LogP contribution >= 0.6 is 0 Å². The Hall–Kier alpha value is -1.59. The van der Waals surface area contributed by atoms with Gasteiger partial charge in [0.25, 0.3) is 0 Å². The second kappa shape index (κ2) is 8.87. The van der Waals surface area contributed by atoms with Crippen LogP contribution < -0.4 is 0 Å². The summed E-state index contributed by atoms with van der Waals surface area (Å²) in [5, 5.41) is 10.3. The van der Waals surface area contributed by atoms with Crippen molar-refractivity contribution in [1.82, 2.24) is 0 Å². The van der Waals surface area contributed by atoms with Crippen LogP contribution in [-0.4, -0.2) is 29.6 Å². The molecule has 0 bridgehead atoms. The van der Waals surface area contributed by atoms with E-state index in [1.807, 2.05) is 6.07 Å². The minimum atomic E-state index is -0.303. The van der Waals surface area contributed by atoms with E-state index < -0.39 is 0 Å². The van der Waals surface area contributed by atoms with E-state index in [1.165, 1.54) is 11.1 Å². The number of ether oxygens (including phenoxy) is 2. The van der Waals surface area contributed by atoms with Crippen LogP contribution in [0.1, 0.15) is 57.9 Å². The molecule has 1 N–H and O–H groups in total. The molecule has 0 aromatic carbocycles. The van der Waals surface area contributed by atoms with E-state index in [2.05, 4.69) is 19.9 Å². The molecule has 5 atom stereocenters. The number of allylic oxidation sites excluding steroid dienone is 1. The number of fused-ring (bicyclic) bond motifs is 1. The maximum Gasteiger partial charge on any atom is 0.314 e. The van der Waals surface area contributed by atoms with Crippen LogP contribution in [0, 0.1) is 11.8 Å². The molecule has 0 amide bonds. The van der Waals surface area contributed by atoms with Crippen molar-refractivity contribution in [3.8, 4) is 0 Å². The van der Waals surface area contributed by atoms with Crippen molar-refractivity contribution in [3.05, 3.63) is 35.8 Å². The standard InChI is InChI=1S/C21H30O5/c1-14(5-3-7-16-9-10-24-13-16)11-17(22)12-15(2)6-4-8-18-19-21(25-19)26-20(18)23/h6,9-10,13-14,17-19,21-22H,3-5,7-8,11-12H2,1-2H3/b15-6+/t14-,17-,18?,19?,21?/m1/s1. The molecule has 2 aliphatic heterocycles. The fourth-order valence-corrected chi connectivity index (χ4v) is 3.83. The Balaban J connectivity index is 1.29. The predicted molar refractivity (Wildman–Crippen MR) is 97.3 cm³/mol. The predicted octanol–water partition coefficient (Wildman–Crippen LogP) is 4.00. The lowest BCUT2D eigenvalue weighted by molar-refractivity contribution is -0.151. The first-order valence-corrected chi connectivity index (χ1v) is 9.73. The number of hydrogen-bond donors (Lipinski definition) is 1. The van der Waals surface area contributed by atoms with Gasteiger partial charge in [-0.15, -0.1) is 0 Å². The second-order valence-corrected chi connectivity index (χ2v) is 7.86. The first-order chi connectivity index (χ1) is 12.5. The van der Waals surface area contributed by atoms with Gasteiger partial charge in [-0.3, -0.25) is 4.79 Å².